The summed E-state index contributed by atoms with van der Waals surface area (Å²) >= 11 is 0. The van der Waals surface area contributed by atoms with Crippen molar-refractivity contribution < 1.29 is 9.47 Å². The average Bonchev–Trinajstić information content (AvgIpc) is 2.50. The smallest absolute Gasteiger partial charge is 0.162 e. The van der Waals surface area contributed by atoms with Gasteiger partial charge in [-0.3, -0.25) is 0 Å². The van der Waals surface area contributed by atoms with Gasteiger partial charge in [0.15, 0.2) is 11.5 Å². The van der Waals surface area contributed by atoms with Gasteiger partial charge in [0, 0.05) is 24.4 Å². The van der Waals surface area contributed by atoms with Crippen LogP contribution in [-0.4, -0.2) is 20.8 Å². The van der Waals surface area contributed by atoms with Crippen molar-refractivity contribution in [2.75, 3.05) is 31.4 Å². The van der Waals surface area contributed by atoms with Crippen LogP contribution in [-0.2, 0) is 0 Å². The van der Waals surface area contributed by atoms with Crippen LogP contribution in [0.15, 0.2) is 42.5 Å². The van der Waals surface area contributed by atoms with Gasteiger partial charge in [-0.15, -0.1) is 0 Å². The number of ether oxygens (including phenoxy) is 2. The lowest BCUT2D eigenvalue weighted by Crippen LogP contribution is -2.17. The van der Waals surface area contributed by atoms with Crippen LogP contribution in [0.25, 0.3) is 0 Å². The normalized spacial score (nSPS) is 10.2. The molecule has 4 heteroatoms. The molecule has 0 aromatic heterocycles. The summed E-state index contributed by atoms with van der Waals surface area (Å²) in [6.45, 7) is 2.90. The molecule has 0 atom stereocenters. The lowest BCUT2D eigenvalue weighted by molar-refractivity contribution is 0.355. The summed E-state index contributed by atoms with van der Waals surface area (Å²) in [5.41, 5.74) is 8.82. The minimum absolute atomic E-state index is 0.637. The van der Waals surface area contributed by atoms with E-state index in [1.54, 1.807) is 20.3 Å². The summed E-state index contributed by atoms with van der Waals surface area (Å²) in [5, 5.41) is 0. The van der Waals surface area contributed by atoms with E-state index in [4.69, 9.17) is 15.2 Å². The summed E-state index contributed by atoms with van der Waals surface area (Å²) < 4.78 is 10.6. The van der Waals surface area contributed by atoms with E-state index in [1.165, 1.54) is 0 Å². The topological polar surface area (TPSA) is 47.7 Å². The Morgan fingerprint density at radius 1 is 1.00 bits per heavy atom. The third-order valence-corrected chi connectivity index (χ3v) is 3.21. The van der Waals surface area contributed by atoms with Crippen molar-refractivity contribution in [2.24, 2.45) is 0 Å². The Morgan fingerprint density at radius 3 is 2.15 bits per heavy atom. The van der Waals surface area contributed by atoms with Gasteiger partial charge in [-0.1, -0.05) is 18.2 Å². The maximum atomic E-state index is 6.16. The van der Waals surface area contributed by atoms with Gasteiger partial charge >= 0.3 is 0 Å². The average molecular weight is 272 g/mol. The van der Waals surface area contributed by atoms with Gasteiger partial charge in [0.25, 0.3) is 0 Å². The molecule has 2 N–H and O–H groups in total. The second-order valence-corrected chi connectivity index (χ2v) is 4.35. The first kappa shape index (κ1) is 14.1. The molecule has 106 valence electrons. The molecule has 4 nitrogen and oxygen atoms in total. The predicted octanol–water partition coefficient (Wildman–Crippen LogP) is 3.44. The molecular formula is C16H20N2O2. The number of nitrogens with zero attached hydrogens (tertiary/aromatic N) is 1. The molecule has 0 amide bonds. The second kappa shape index (κ2) is 6.19. The Hall–Kier alpha value is -2.36. The van der Waals surface area contributed by atoms with Crippen LogP contribution in [0.3, 0.4) is 0 Å². The number of nitrogens with two attached hydrogens (primary N) is 1. The number of nitrogen functional groups attached to an aromatic ring is 1. The van der Waals surface area contributed by atoms with Crippen molar-refractivity contribution in [3.8, 4) is 11.5 Å². The van der Waals surface area contributed by atoms with Crippen molar-refractivity contribution in [1.29, 1.82) is 0 Å². The van der Waals surface area contributed by atoms with E-state index in [0.29, 0.717) is 17.2 Å². The van der Waals surface area contributed by atoms with E-state index in [1.807, 2.05) is 24.3 Å². The van der Waals surface area contributed by atoms with Crippen molar-refractivity contribution in [2.45, 2.75) is 6.92 Å². The highest BCUT2D eigenvalue weighted by Gasteiger charge is 2.15. The van der Waals surface area contributed by atoms with Crippen LogP contribution in [0, 0.1) is 0 Å². The Kier molecular flexibility index (Phi) is 4.35. The van der Waals surface area contributed by atoms with Crippen LogP contribution in [0.5, 0.6) is 11.5 Å². The number of hydrogen-bond donors (Lipinski definition) is 1. The van der Waals surface area contributed by atoms with Crippen LogP contribution in [0.1, 0.15) is 6.92 Å². The Morgan fingerprint density at radius 2 is 1.60 bits per heavy atom. The highest BCUT2D eigenvalue weighted by atomic mass is 16.5. The number of hydrogen-bond acceptors (Lipinski definition) is 4. The molecule has 2 aromatic carbocycles. The molecule has 0 aliphatic carbocycles. The molecule has 0 bridgehead atoms. The van der Waals surface area contributed by atoms with E-state index in [-0.39, 0.29) is 0 Å². The third kappa shape index (κ3) is 2.64. The lowest BCUT2D eigenvalue weighted by Gasteiger charge is -2.25. The maximum absolute atomic E-state index is 6.16. The molecule has 0 spiro atoms. The summed E-state index contributed by atoms with van der Waals surface area (Å²) in [5.74, 6) is 1.31. The molecule has 0 saturated carbocycles. The van der Waals surface area contributed by atoms with Crippen LogP contribution in [0.2, 0.25) is 0 Å². The molecule has 0 aliphatic heterocycles. The Balaban J connectivity index is 2.50. The maximum Gasteiger partial charge on any atom is 0.162 e. The standard InChI is InChI=1S/C16H20N2O2/c1-4-18(12-8-6-5-7-9-12)14-11-16(20-3)15(19-2)10-13(14)17/h5-11H,4,17H2,1-3H3. The molecule has 0 radical (unpaired) electrons. The summed E-state index contributed by atoms with van der Waals surface area (Å²) in [6.07, 6.45) is 0. The van der Waals surface area contributed by atoms with E-state index in [0.717, 1.165) is 17.9 Å². The van der Waals surface area contributed by atoms with E-state index in [2.05, 4.69) is 24.0 Å². The zero-order chi connectivity index (χ0) is 14.5. The molecule has 0 saturated heterocycles. The Bertz CT molecular complexity index is 570. The number of anilines is 3. The monoisotopic (exact) mass is 272 g/mol. The number of methoxy groups -OCH3 is 2. The molecule has 2 rings (SSSR count). The van der Waals surface area contributed by atoms with Gasteiger partial charge < -0.3 is 20.1 Å². The molecule has 0 unspecified atom stereocenters. The minimum Gasteiger partial charge on any atom is -0.493 e. The fraction of sp³-hybridized carbons (Fsp3) is 0.250. The number of rotatable bonds is 5. The first-order chi connectivity index (χ1) is 9.71. The number of para-hydroxylation sites is 1. The molecule has 2 aromatic rings. The lowest BCUT2D eigenvalue weighted by atomic mass is 10.2. The molecule has 0 heterocycles. The SMILES string of the molecule is CCN(c1ccccc1)c1cc(OC)c(OC)cc1N. The first-order valence-electron chi connectivity index (χ1n) is 6.55. The summed E-state index contributed by atoms with van der Waals surface area (Å²) in [6, 6.07) is 13.8. The van der Waals surface area contributed by atoms with E-state index >= 15 is 0 Å². The summed E-state index contributed by atoms with van der Waals surface area (Å²) in [4.78, 5) is 2.14. The zero-order valence-corrected chi connectivity index (χ0v) is 12.1. The van der Waals surface area contributed by atoms with Gasteiger partial charge in [0.1, 0.15) is 0 Å². The van der Waals surface area contributed by atoms with Crippen LogP contribution >= 0.6 is 0 Å². The third-order valence-electron chi connectivity index (χ3n) is 3.21. The number of benzene rings is 2. The zero-order valence-electron chi connectivity index (χ0n) is 12.1. The highest BCUT2D eigenvalue weighted by molar-refractivity contribution is 5.78. The molecular weight excluding hydrogens is 252 g/mol. The molecule has 0 fully saturated rings. The fourth-order valence-corrected chi connectivity index (χ4v) is 2.22. The van der Waals surface area contributed by atoms with Gasteiger partial charge in [0.2, 0.25) is 0 Å². The predicted molar refractivity (Wildman–Crippen MR) is 83.1 cm³/mol. The van der Waals surface area contributed by atoms with Crippen molar-refractivity contribution in [3.05, 3.63) is 42.5 Å². The van der Waals surface area contributed by atoms with E-state index < -0.39 is 0 Å². The first-order valence-corrected chi connectivity index (χ1v) is 6.55. The van der Waals surface area contributed by atoms with Gasteiger partial charge in [-0.05, 0) is 19.1 Å². The highest BCUT2D eigenvalue weighted by Crippen LogP contribution is 2.39. The van der Waals surface area contributed by atoms with Gasteiger partial charge in [-0.2, -0.15) is 0 Å². The van der Waals surface area contributed by atoms with Crippen LogP contribution in [0.4, 0.5) is 17.1 Å². The second-order valence-electron chi connectivity index (χ2n) is 4.35. The van der Waals surface area contributed by atoms with Crippen molar-refractivity contribution in [1.82, 2.24) is 0 Å². The molecule has 0 aliphatic rings. The van der Waals surface area contributed by atoms with E-state index in [9.17, 15) is 0 Å². The quantitative estimate of drug-likeness (QED) is 0.847. The van der Waals surface area contributed by atoms with Gasteiger partial charge in [-0.25, -0.2) is 0 Å². The molecule has 20 heavy (non-hydrogen) atoms. The van der Waals surface area contributed by atoms with Crippen LogP contribution < -0.4 is 20.1 Å². The van der Waals surface area contributed by atoms with Crippen molar-refractivity contribution >= 4 is 17.1 Å². The fourth-order valence-electron chi connectivity index (χ4n) is 2.22. The largest absolute Gasteiger partial charge is 0.493 e. The van der Waals surface area contributed by atoms with Gasteiger partial charge in [0.05, 0.1) is 25.6 Å². The Labute approximate surface area is 119 Å². The summed E-state index contributed by atoms with van der Waals surface area (Å²) in [7, 11) is 3.22. The minimum atomic E-state index is 0.637. The van der Waals surface area contributed by atoms with Crippen molar-refractivity contribution in [3.63, 3.8) is 0 Å².